The predicted octanol–water partition coefficient (Wildman–Crippen LogP) is 5.02. The first-order chi connectivity index (χ1) is 13.8. The number of benzene rings is 3. The Bertz CT molecular complexity index is 1000. The van der Waals surface area contributed by atoms with Crippen molar-refractivity contribution in [1.82, 2.24) is 4.90 Å². The van der Waals surface area contributed by atoms with E-state index in [9.17, 15) is 4.79 Å². The Hall–Kier alpha value is -2.91. The summed E-state index contributed by atoms with van der Waals surface area (Å²) in [6.07, 6.45) is 1.71. The van der Waals surface area contributed by atoms with Crippen LogP contribution in [0, 0.1) is 0 Å². The smallest absolute Gasteiger partial charge is 0.253 e. The summed E-state index contributed by atoms with van der Waals surface area (Å²) in [5.74, 6) is 0.110. The highest BCUT2D eigenvalue weighted by Crippen LogP contribution is 2.44. The van der Waals surface area contributed by atoms with Gasteiger partial charge < -0.3 is 9.64 Å². The van der Waals surface area contributed by atoms with Gasteiger partial charge in [0.15, 0.2) is 0 Å². The van der Waals surface area contributed by atoms with Crippen LogP contribution in [0.5, 0.6) is 0 Å². The van der Waals surface area contributed by atoms with E-state index in [2.05, 4.69) is 42.5 Å². The Morgan fingerprint density at radius 3 is 2.36 bits per heavy atom. The van der Waals surface area contributed by atoms with Crippen LogP contribution in [-0.4, -0.2) is 23.9 Å². The summed E-state index contributed by atoms with van der Waals surface area (Å²) in [5, 5.41) is 0. The number of amides is 1. The van der Waals surface area contributed by atoms with Crippen LogP contribution in [0.2, 0.25) is 0 Å². The van der Waals surface area contributed by atoms with Gasteiger partial charge in [-0.1, -0.05) is 66.7 Å². The van der Waals surface area contributed by atoms with E-state index < -0.39 is 0 Å². The molecule has 0 radical (unpaired) electrons. The van der Waals surface area contributed by atoms with E-state index in [0.29, 0.717) is 6.61 Å². The molecule has 5 rings (SSSR count). The second-order valence-corrected chi connectivity index (χ2v) is 7.68. The third kappa shape index (κ3) is 2.92. The van der Waals surface area contributed by atoms with Crippen LogP contribution < -0.4 is 0 Å². The van der Waals surface area contributed by atoms with Crippen molar-refractivity contribution >= 4 is 5.91 Å². The Morgan fingerprint density at radius 1 is 0.821 bits per heavy atom. The molecule has 3 aromatic rings. The molecule has 0 aromatic heterocycles. The number of rotatable bonds is 2. The van der Waals surface area contributed by atoms with E-state index in [1.807, 2.05) is 41.3 Å². The highest BCUT2D eigenvalue weighted by molar-refractivity contribution is 5.95. The molecule has 0 bridgehead atoms. The summed E-state index contributed by atoms with van der Waals surface area (Å²) in [6.45, 7) is 2.13. The minimum absolute atomic E-state index is 0.110. The number of carbonyl (C=O) groups is 1. The van der Waals surface area contributed by atoms with Crippen LogP contribution in [0.1, 0.15) is 34.3 Å². The van der Waals surface area contributed by atoms with E-state index in [1.165, 1.54) is 11.1 Å². The Morgan fingerprint density at radius 2 is 1.54 bits per heavy atom. The minimum atomic E-state index is -0.209. The lowest BCUT2D eigenvalue weighted by Crippen LogP contribution is -2.45. The molecular formula is C25H23NO2. The first-order valence-electron chi connectivity index (χ1n) is 9.92. The Labute approximate surface area is 165 Å². The van der Waals surface area contributed by atoms with Gasteiger partial charge in [0.25, 0.3) is 5.91 Å². The number of piperidine rings is 1. The van der Waals surface area contributed by atoms with Crippen LogP contribution in [0.25, 0.3) is 11.1 Å². The number of hydrogen-bond acceptors (Lipinski definition) is 2. The van der Waals surface area contributed by atoms with Gasteiger partial charge in [-0.3, -0.25) is 4.79 Å². The fourth-order valence-corrected chi connectivity index (χ4v) is 4.51. The molecule has 0 atom stereocenters. The van der Waals surface area contributed by atoms with Gasteiger partial charge in [0.1, 0.15) is 0 Å². The van der Waals surface area contributed by atoms with Crippen LogP contribution in [-0.2, 0) is 16.9 Å². The average molecular weight is 369 g/mol. The topological polar surface area (TPSA) is 29.5 Å². The second-order valence-electron chi connectivity index (χ2n) is 7.68. The highest BCUT2D eigenvalue weighted by Gasteiger charge is 2.43. The van der Waals surface area contributed by atoms with Crippen molar-refractivity contribution in [3.63, 3.8) is 0 Å². The maximum Gasteiger partial charge on any atom is 0.253 e. The van der Waals surface area contributed by atoms with Gasteiger partial charge in [-0.2, -0.15) is 0 Å². The SMILES string of the molecule is O=C(c1cccc(-c2ccccc2)c1)N1CCC2(CC1)OCc1ccccc12. The van der Waals surface area contributed by atoms with Gasteiger partial charge in [-0.05, 0) is 47.2 Å². The molecule has 140 valence electrons. The van der Waals surface area contributed by atoms with E-state index in [1.54, 1.807) is 0 Å². The summed E-state index contributed by atoms with van der Waals surface area (Å²) in [6, 6.07) is 26.6. The van der Waals surface area contributed by atoms with Crippen molar-refractivity contribution in [3.8, 4) is 11.1 Å². The maximum absolute atomic E-state index is 13.1. The quantitative estimate of drug-likeness (QED) is 0.635. The molecule has 3 heteroatoms. The second kappa shape index (κ2) is 6.92. The number of fused-ring (bicyclic) bond motifs is 2. The van der Waals surface area contributed by atoms with Gasteiger partial charge in [0, 0.05) is 18.7 Å². The molecule has 2 aliphatic heterocycles. The van der Waals surface area contributed by atoms with Gasteiger partial charge in [-0.25, -0.2) is 0 Å². The number of nitrogens with zero attached hydrogens (tertiary/aromatic N) is 1. The number of likely N-dealkylation sites (tertiary alicyclic amines) is 1. The van der Waals surface area contributed by atoms with Gasteiger partial charge in [-0.15, -0.1) is 0 Å². The molecule has 0 unspecified atom stereocenters. The summed E-state index contributed by atoms with van der Waals surface area (Å²) >= 11 is 0. The fourth-order valence-electron chi connectivity index (χ4n) is 4.51. The zero-order chi connectivity index (χ0) is 19.0. The van der Waals surface area contributed by atoms with Crippen molar-refractivity contribution < 1.29 is 9.53 Å². The van der Waals surface area contributed by atoms with Crippen molar-refractivity contribution in [2.24, 2.45) is 0 Å². The molecule has 3 aromatic carbocycles. The Kier molecular flexibility index (Phi) is 4.25. The van der Waals surface area contributed by atoms with Gasteiger partial charge in [0.2, 0.25) is 0 Å². The predicted molar refractivity (Wildman–Crippen MR) is 110 cm³/mol. The number of hydrogen-bond donors (Lipinski definition) is 0. The molecule has 0 saturated carbocycles. The standard InChI is InChI=1S/C25H23NO2/c27-24(21-11-6-10-20(17-21)19-7-2-1-3-8-19)26-15-13-25(14-16-26)23-12-5-4-9-22(23)18-28-25/h1-12,17H,13-16,18H2. The van der Waals surface area contributed by atoms with Crippen LogP contribution in [0.15, 0.2) is 78.9 Å². The third-order valence-electron chi connectivity index (χ3n) is 6.09. The monoisotopic (exact) mass is 369 g/mol. The van der Waals surface area contributed by atoms with Crippen LogP contribution in [0.3, 0.4) is 0 Å². The summed E-state index contributed by atoms with van der Waals surface area (Å²) in [7, 11) is 0. The third-order valence-corrected chi connectivity index (χ3v) is 6.09. The zero-order valence-electron chi connectivity index (χ0n) is 15.8. The molecule has 1 fully saturated rings. The first kappa shape index (κ1) is 17.2. The zero-order valence-corrected chi connectivity index (χ0v) is 15.8. The molecule has 0 N–H and O–H groups in total. The number of ether oxygens (including phenoxy) is 1. The molecule has 0 aliphatic carbocycles. The summed E-state index contributed by atoms with van der Waals surface area (Å²) < 4.78 is 6.22. The maximum atomic E-state index is 13.1. The Balaban J connectivity index is 1.33. The lowest BCUT2D eigenvalue weighted by molar-refractivity contribution is -0.0741. The molecule has 1 saturated heterocycles. The fraction of sp³-hybridized carbons (Fsp3) is 0.240. The first-order valence-corrected chi connectivity index (χ1v) is 9.92. The average Bonchev–Trinajstić information content (AvgIpc) is 3.13. The normalized spacial score (nSPS) is 17.5. The van der Waals surface area contributed by atoms with Crippen molar-refractivity contribution in [2.75, 3.05) is 13.1 Å². The van der Waals surface area contributed by atoms with Crippen molar-refractivity contribution in [1.29, 1.82) is 0 Å². The molecular weight excluding hydrogens is 346 g/mol. The van der Waals surface area contributed by atoms with Crippen molar-refractivity contribution in [3.05, 3.63) is 95.6 Å². The van der Waals surface area contributed by atoms with Crippen molar-refractivity contribution in [2.45, 2.75) is 25.0 Å². The molecule has 1 spiro atoms. The molecule has 1 amide bonds. The van der Waals surface area contributed by atoms with Gasteiger partial charge in [0.05, 0.1) is 12.2 Å². The highest BCUT2D eigenvalue weighted by atomic mass is 16.5. The van der Waals surface area contributed by atoms with Crippen LogP contribution >= 0.6 is 0 Å². The lowest BCUT2D eigenvalue weighted by Gasteiger charge is -2.39. The van der Waals surface area contributed by atoms with E-state index in [0.717, 1.165) is 42.6 Å². The summed E-state index contributed by atoms with van der Waals surface area (Å²) in [5.41, 5.74) is 5.36. The molecule has 2 heterocycles. The lowest BCUT2D eigenvalue weighted by atomic mass is 9.83. The van der Waals surface area contributed by atoms with Crippen LogP contribution in [0.4, 0.5) is 0 Å². The van der Waals surface area contributed by atoms with E-state index in [-0.39, 0.29) is 11.5 Å². The largest absolute Gasteiger partial charge is 0.365 e. The van der Waals surface area contributed by atoms with E-state index >= 15 is 0 Å². The van der Waals surface area contributed by atoms with Gasteiger partial charge >= 0.3 is 0 Å². The number of carbonyl (C=O) groups excluding carboxylic acids is 1. The molecule has 3 nitrogen and oxygen atoms in total. The molecule has 28 heavy (non-hydrogen) atoms. The molecule has 2 aliphatic rings. The van der Waals surface area contributed by atoms with E-state index in [4.69, 9.17) is 4.74 Å². The summed E-state index contributed by atoms with van der Waals surface area (Å²) in [4.78, 5) is 15.1. The minimum Gasteiger partial charge on any atom is -0.365 e.